The molecule has 0 aliphatic heterocycles. The zero-order valence-electron chi connectivity index (χ0n) is 8.76. The van der Waals surface area contributed by atoms with E-state index < -0.39 is 25.0 Å². The van der Waals surface area contributed by atoms with Crippen LogP contribution in [0.3, 0.4) is 0 Å². The first-order valence-corrected chi connectivity index (χ1v) is 7.95. The first kappa shape index (κ1) is 16.8. The van der Waals surface area contributed by atoms with Gasteiger partial charge < -0.3 is 10.4 Å². The molecule has 1 aromatic carbocycles. The van der Waals surface area contributed by atoms with Crippen LogP contribution < -0.4 is 5.32 Å². The van der Waals surface area contributed by atoms with Gasteiger partial charge in [-0.25, -0.2) is 8.78 Å². The van der Waals surface area contributed by atoms with Crippen LogP contribution in [0.2, 0.25) is 0 Å². The van der Waals surface area contributed by atoms with Crippen molar-refractivity contribution >= 4 is 73.7 Å². The number of rotatable bonds is 4. The molecule has 8 heteroatoms. The lowest BCUT2D eigenvalue weighted by Crippen LogP contribution is -2.36. The molecule has 0 heterocycles. The number of benzene rings is 1. The molecule has 1 rings (SSSR count). The zero-order chi connectivity index (χ0) is 13.9. The summed E-state index contributed by atoms with van der Waals surface area (Å²) in [6.45, 7) is -0.464. The van der Waals surface area contributed by atoms with Crippen LogP contribution >= 0.6 is 67.8 Å². The van der Waals surface area contributed by atoms with E-state index in [1.165, 1.54) is 0 Å². The van der Waals surface area contributed by atoms with E-state index in [0.717, 1.165) is 10.7 Å². The number of hydrogen-bond acceptors (Lipinski definition) is 2. The van der Waals surface area contributed by atoms with Crippen molar-refractivity contribution in [3.05, 3.63) is 28.4 Å². The Labute approximate surface area is 144 Å². The summed E-state index contributed by atoms with van der Waals surface area (Å²) in [5, 5.41) is 11.2. The zero-order valence-corrected chi connectivity index (χ0v) is 15.2. The maximum Gasteiger partial charge on any atom is 0.265 e. The minimum absolute atomic E-state index is 0.424. The Morgan fingerprint density at radius 3 is 2.50 bits per heavy atom. The smallest absolute Gasteiger partial charge is 0.265 e. The molecule has 1 amide bonds. The van der Waals surface area contributed by atoms with Gasteiger partial charge in [0, 0.05) is 17.3 Å². The number of hydrogen-bond donors (Lipinski definition) is 2. The first-order valence-electron chi connectivity index (χ1n) is 4.72. The van der Waals surface area contributed by atoms with Crippen molar-refractivity contribution in [2.45, 2.75) is 12.5 Å². The van der Waals surface area contributed by atoms with E-state index >= 15 is 0 Å². The first-order chi connectivity index (χ1) is 8.32. The lowest BCUT2D eigenvalue weighted by molar-refractivity contribution is -0.00270. The quantitative estimate of drug-likeness (QED) is 0.418. The fourth-order valence-corrected chi connectivity index (χ4v) is 3.50. The van der Waals surface area contributed by atoms with Crippen LogP contribution in [0, 0.1) is 10.7 Å². The fourth-order valence-electron chi connectivity index (χ4n) is 1.10. The third kappa shape index (κ3) is 4.67. The van der Waals surface area contributed by atoms with Gasteiger partial charge in [-0.15, -0.1) is 0 Å². The molecule has 0 saturated carbocycles. The van der Waals surface area contributed by atoms with E-state index in [2.05, 4.69) is 50.5 Å². The van der Waals surface area contributed by atoms with Gasteiger partial charge in [-0.2, -0.15) is 0 Å². The molecule has 0 spiro atoms. The Hall–Kier alpha value is 0.700. The average Bonchev–Trinajstić information content (AvgIpc) is 2.29. The number of aliphatic hydroxyl groups is 1. The average molecular weight is 593 g/mol. The highest BCUT2D eigenvalue weighted by Crippen LogP contribution is 2.22. The standard InChI is InChI=1S/C10H8F2I3NO2/c11-9(12)7(17)3-16-10(18)5-1-4(13)2-6(14)8(5)15/h1-2,7,9,17H,3H2,(H,16,18). The predicted molar refractivity (Wildman–Crippen MR) is 88.9 cm³/mol. The Morgan fingerprint density at radius 2 is 1.94 bits per heavy atom. The van der Waals surface area contributed by atoms with Crippen LogP contribution in [0.4, 0.5) is 8.78 Å². The molecule has 0 bridgehead atoms. The molecule has 1 aromatic rings. The number of carbonyl (C=O) groups excluding carboxylic acids is 1. The molecule has 3 nitrogen and oxygen atoms in total. The van der Waals surface area contributed by atoms with Gasteiger partial charge in [0.25, 0.3) is 12.3 Å². The summed E-state index contributed by atoms with van der Waals surface area (Å²) in [6.07, 6.45) is -4.70. The van der Waals surface area contributed by atoms with Crippen molar-refractivity contribution in [2.24, 2.45) is 0 Å². The summed E-state index contributed by atoms with van der Waals surface area (Å²) in [6, 6.07) is 3.59. The van der Waals surface area contributed by atoms with Crippen molar-refractivity contribution in [3.63, 3.8) is 0 Å². The number of aliphatic hydroxyl groups excluding tert-OH is 1. The summed E-state index contributed by atoms with van der Waals surface area (Å²) < 4.78 is 26.7. The SMILES string of the molecule is O=C(NCC(O)C(F)F)c1cc(I)cc(I)c1I. The second kappa shape index (κ2) is 7.47. The topological polar surface area (TPSA) is 49.3 Å². The number of amides is 1. The summed E-state index contributed by atoms with van der Waals surface area (Å²) >= 11 is 6.20. The van der Waals surface area contributed by atoms with E-state index in [-0.39, 0.29) is 0 Å². The Bertz CT molecular complexity index is 457. The van der Waals surface area contributed by atoms with Crippen LogP contribution in [0.25, 0.3) is 0 Å². The number of alkyl halides is 2. The van der Waals surface area contributed by atoms with Crippen LogP contribution in [0.5, 0.6) is 0 Å². The van der Waals surface area contributed by atoms with Crippen molar-refractivity contribution in [1.29, 1.82) is 0 Å². The highest BCUT2D eigenvalue weighted by molar-refractivity contribution is 14.1. The summed E-state index contributed by atoms with van der Waals surface area (Å²) in [5.41, 5.74) is 0.424. The van der Waals surface area contributed by atoms with Gasteiger partial charge in [0.2, 0.25) is 0 Å². The molecule has 0 aromatic heterocycles. The number of carbonyl (C=O) groups is 1. The van der Waals surface area contributed by atoms with Crippen LogP contribution in [-0.2, 0) is 0 Å². The highest BCUT2D eigenvalue weighted by atomic mass is 127. The molecule has 1 unspecified atom stereocenters. The summed E-state index contributed by atoms with van der Waals surface area (Å²) in [5.74, 6) is -0.462. The van der Waals surface area contributed by atoms with Gasteiger partial charge in [-0.3, -0.25) is 4.79 Å². The molecule has 0 aliphatic carbocycles. The molecular weight excluding hydrogens is 585 g/mol. The van der Waals surface area contributed by atoms with Crippen molar-refractivity contribution in [3.8, 4) is 0 Å². The van der Waals surface area contributed by atoms with E-state index in [9.17, 15) is 13.6 Å². The molecular formula is C10H8F2I3NO2. The van der Waals surface area contributed by atoms with Crippen molar-refractivity contribution in [2.75, 3.05) is 6.54 Å². The third-order valence-electron chi connectivity index (χ3n) is 2.00. The van der Waals surface area contributed by atoms with Gasteiger partial charge in [0.1, 0.15) is 6.10 Å². The Balaban J connectivity index is 2.79. The normalized spacial score (nSPS) is 12.6. The molecule has 18 heavy (non-hydrogen) atoms. The van der Waals surface area contributed by atoms with Crippen LogP contribution in [-0.4, -0.2) is 30.1 Å². The van der Waals surface area contributed by atoms with Gasteiger partial charge in [-0.1, -0.05) is 0 Å². The minimum atomic E-state index is -2.86. The lowest BCUT2D eigenvalue weighted by atomic mass is 10.2. The van der Waals surface area contributed by atoms with Crippen LogP contribution in [0.15, 0.2) is 12.1 Å². The van der Waals surface area contributed by atoms with E-state index in [4.69, 9.17) is 5.11 Å². The molecule has 0 saturated heterocycles. The van der Waals surface area contributed by atoms with E-state index in [1.54, 1.807) is 6.07 Å². The largest absolute Gasteiger partial charge is 0.385 e. The van der Waals surface area contributed by atoms with E-state index in [1.807, 2.05) is 28.7 Å². The Morgan fingerprint density at radius 1 is 1.33 bits per heavy atom. The fraction of sp³-hybridized carbons (Fsp3) is 0.300. The maximum absolute atomic E-state index is 12.1. The monoisotopic (exact) mass is 593 g/mol. The molecule has 0 fully saturated rings. The maximum atomic E-state index is 12.1. The summed E-state index contributed by atoms with van der Waals surface area (Å²) in [4.78, 5) is 11.8. The molecule has 100 valence electrons. The molecule has 1 atom stereocenters. The second-order valence-corrected chi connectivity index (χ2v) is 6.85. The minimum Gasteiger partial charge on any atom is -0.385 e. The van der Waals surface area contributed by atoms with Crippen LogP contribution in [0.1, 0.15) is 10.4 Å². The molecule has 0 aliphatic rings. The van der Waals surface area contributed by atoms with Gasteiger partial charge >= 0.3 is 0 Å². The molecule has 0 radical (unpaired) electrons. The lowest BCUT2D eigenvalue weighted by Gasteiger charge is -2.12. The highest BCUT2D eigenvalue weighted by Gasteiger charge is 2.19. The van der Waals surface area contributed by atoms with Crippen molar-refractivity contribution < 1.29 is 18.7 Å². The predicted octanol–water partition coefficient (Wildman–Crippen LogP) is 2.86. The van der Waals surface area contributed by atoms with Gasteiger partial charge in [-0.05, 0) is 79.9 Å². The Kier molecular flexibility index (Phi) is 6.96. The molecule has 2 N–H and O–H groups in total. The van der Waals surface area contributed by atoms with Crippen molar-refractivity contribution in [1.82, 2.24) is 5.32 Å². The second-order valence-electron chi connectivity index (χ2n) is 3.36. The summed E-state index contributed by atoms with van der Waals surface area (Å²) in [7, 11) is 0. The number of halogens is 5. The third-order valence-corrected chi connectivity index (χ3v) is 5.67. The van der Waals surface area contributed by atoms with Gasteiger partial charge in [0.15, 0.2) is 0 Å². The van der Waals surface area contributed by atoms with E-state index in [0.29, 0.717) is 5.56 Å². The number of nitrogens with one attached hydrogen (secondary N) is 1. The van der Waals surface area contributed by atoms with Gasteiger partial charge in [0.05, 0.1) is 5.56 Å².